The second-order valence-electron chi connectivity index (χ2n) is 4.49. The summed E-state index contributed by atoms with van der Waals surface area (Å²) in [6.07, 6.45) is 0.817. The highest BCUT2D eigenvalue weighted by atomic mass is 32.1. The Bertz CT molecular complexity index is 543. The van der Waals surface area contributed by atoms with E-state index in [9.17, 15) is 0 Å². The van der Waals surface area contributed by atoms with Crippen LogP contribution < -0.4 is 14.8 Å². The second-order valence-corrected chi connectivity index (χ2v) is 5.43. The van der Waals surface area contributed by atoms with E-state index in [0.717, 1.165) is 41.7 Å². The number of para-hydroxylation sites is 2. The van der Waals surface area contributed by atoms with Crippen LogP contribution in [-0.4, -0.2) is 24.7 Å². The Morgan fingerprint density at radius 2 is 1.90 bits per heavy atom. The van der Waals surface area contributed by atoms with Gasteiger partial charge in [0.05, 0.1) is 23.9 Å². The average molecular weight is 306 g/mol. The van der Waals surface area contributed by atoms with Gasteiger partial charge in [-0.15, -0.1) is 11.3 Å². The van der Waals surface area contributed by atoms with E-state index in [1.807, 2.05) is 31.2 Å². The SMILES string of the molecule is CCNCc1csc(CCOc2ccccc2OCC)n1. The van der Waals surface area contributed by atoms with Gasteiger partial charge in [-0.3, -0.25) is 0 Å². The number of ether oxygens (including phenoxy) is 2. The quantitative estimate of drug-likeness (QED) is 0.772. The summed E-state index contributed by atoms with van der Waals surface area (Å²) >= 11 is 1.69. The largest absolute Gasteiger partial charge is 0.490 e. The maximum atomic E-state index is 5.81. The molecule has 21 heavy (non-hydrogen) atoms. The highest BCUT2D eigenvalue weighted by Crippen LogP contribution is 2.26. The van der Waals surface area contributed by atoms with Gasteiger partial charge in [-0.25, -0.2) is 4.98 Å². The van der Waals surface area contributed by atoms with E-state index < -0.39 is 0 Å². The van der Waals surface area contributed by atoms with Crippen LogP contribution in [0.15, 0.2) is 29.6 Å². The predicted octanol–water partition coefficient (Wildman–Crippen LogP) is 3.27. The Labute approximate surface area is 130 Å². The maximum absolute atomic E-state index is 5.81. The molecule has 0 bridgehead atoms. The van der Waals surface area contributed by atoms with Crippen LogP contribution in [0.5, 0.6) is 11.5 Å². The van der Waals surface area contributed by atoms with Crippen molar-refractivity contribution in [3.8, 4) is 11.5 Å². The number of nitrogens with one attached hydrogen (secondary N) is 1. The number of hydrogen-bond donors (Lipinski definition) is 1. The summed E-state index contributed by atoms with van der Waals surface area (Å²) in [6.45, 7) is 7.11. The van der Waals surface area contributed by atoms with Crippen LogP contribution in [0.4, 0.5) is 0 Å². The van der Waals surface area contributed by atoms with Gasteiger partial charge in [0.25, 0.3) is 0 Å². The van der Waals surface area contributed by atoms with Gasteiger partial charge in [0, 0.05) is 18.3 Å². The number of aromatic nitrogens is 1. The minimum absolute atomic E-state index is 0.609. The third-order valence-corrected chi connectivity index (χ3v) is 3.84. The summed E-state index contributed by atoms with van der Waals surface area (Å²) in [4.78, 5) is 4.58. The first kappa shape index (κ1) is 15.8. The number of rotatable bonds is 9. The molecule has 0 atom stereocenters. The minimum Gasteiger partial charge on any atom is -0.490 e. The van der Waals surface area contributed by atoms with Crippen molar-refractivity contribution in [3.05, 3.63) is 40.3 Å². The summed E-state index contributed by atoms with van der Waals surface area (Å²) in [6, 6.07) is 7.77. The summed E-state index contributed by atoms with van der Waals surface area (Å²) in [7, 11) is 0. The molecule has 1 N–H and O–H groups in total. The van der Waals surface area contributed by atoms with Gasteiger partial charge in [0.1, 0.15) is 0 Å². The molecule has 1 heterocycles. The Morgan fingerprint density at radius 3 is 2.62 bits per heavy atom. The lowest BCUT2D eigenvalue weighted by Gasteiger charge is -2.10. The van der Waals surface area contributed by atoms with Crippen molar-refractivity contribution in [2.75, 3.05) is 19.8 Å². The number of hydrogen-bond acceptors (Lipinski definition) is 5. The maximum Gasteiger partial charge on any atom is 0.161 e. The van der Waals surface area contributed by atoms with Gasteiger partial charge in [0.15, 0.2) is 11.5 Å². The Morgan fingerprint density at radius 1 is 1.14 bits per heavy atom. The highest BCUT2D eigenvalue weighted by molar-refractivity contribution is 7.09. The molecule has 0 fully saturated rings. The molecule has 2 aromatic rings. The van der Waals surface area contributed by atoms with Gasteiger partial charge in [-0.05, 0) is 25.6 Å². The Hall–Kier alpha value is -1.59. The van der Waals surface area contributed by atoms with E-state index in [4.69, 9.17) is 9.47 Å². The molecule has 0 spiro atoms. The van der Waals surface area contributed by atoms with Crippen molar-refractivity contribution in [3.63, 3.8) is 0 Å². The Kier molecular flexibility index (Phi) is 6.50. The summed E-state index contributed by atoms with van der Waals surface area (Å²) in [5, 5.41) is 6.49. The molecule has 0 radical (unpaired) electrons. The molecule has 4 nitrogen and oxygen atoms in total. The summed E-state index contributed by atoms with van der Waals surface area (Å²) < 4.78 is 11.4. The van der Waals surface area contributed by atoms with E-state index in [1.165, 1.54) is 0 Å². The van der Waals surface area contributed by atoms with Crippen LogP contribution in [0.2, 0.25) is 0 Å². The molecule has 0 saturated heterocycles. The first-order chi connectivity index (χ1) is 10.3. The molecule has 0 unspecified atom stereocenters. The number of benzene rings is 1. The van der Waals surface area contributed by atoms with Crippen molar-refractivity contribution in [2.24, 2.45) is 0 Å². The van der Waals surface area contributed by atoms with Crippen molar-refractivity contribution in [1.29, 1.82) is 0 Å². The first-order valence-corrected chi connectivity index (χ1v) is 8.20. The van der Waals surface area contributed by atoms with Gasteiger partial charge >= 0.3 is 0 Å². The van der Waals surface area contributed by atoms with Crippen molar-refractivity contribution < 1.29 is 9.47 Å². The van der Waals surface area contributed by atoms with Crippen LogP contribution in [0.3, 0.4) is 0 Å². The van der Waals surface area contributed by atoms with Crippen molar-refractivity contribution >= 4 is 11.3 Å². The molecular weight excluding hydrogens is 284 g/mol. The molecule has 0 aliphatic rings. The fourth-order valence-corrected chi connectivity index (χ4v) is 2.67. The third kappa shape index (κ3) is 5.02. The van der Waals surface area contributed by atoms with Gasteiger partial charge < -0.3 is 14.8 Å². The molecule has 0 saturated carbocycles. The summed E-state index contributed by atoms with van der Waals surface area (Å²) in [5.74, 6) is 1.59. The molecule has 1 aromatic heterocycles. The van der Waals surface area contributed by atoms with Gasteiger partial charge in [-0.1, -0.05) is 19.1 Å². The molecular formula is C16H22N2O2S. The third-order valence-electron chi connectivity index (χ3n) is 2.88. The smallest absolute Gasteiger partial charge is 0.161 e. The van der Waals surface area contributed by atoms with Gasteiger partial charge in [-0.2, -0.15) is 0 Å². The normalized spacial score (nSPS) is 10.6. The molecule has 0 aliphatic heterocycles. The summed E-state index contributed by atoms with van der Waals surface area (Å²) in [5.41, 5.74) is 1.10. The van der Waals surface area contributed by atoms with E-state index in [2.05, 4.69) is 22.6 Å². The lowest BCUT2D eigenvalue weighted by atomic mass is 10.3. The van der Waals surface area contributed by atoms with Gasteiger partial charge in [0.2, 0.25) is 0 Å². The zero-order chi connectivity index (χ0) is 14.9. The van der Waals surface area contributed by atoms with Crippen LogP contribution in [0, 0.1) is 0 Å². The fourth-order valence-electron chi connectivity index (χ4n) is 1.89. The number of nitrogens with zero attached hydrogens (tertiary/aromatic N) is 1. The van der Waals surface area contributed by atoms with Crippen LogP contribution in [0.1, 0.15) is 24.5 Å². The van der Waals surface area contributed by atoms with Crippen molar-refractivity contribution in [1.82, 2.24) is 10.3 Å². The monoisotopic (exact) mass is 306 g/mol. The molecule has 2 rings (SSSR count). The minimum atomic E-state index is 0.609. The average Bonchev–Trinajstić information content (AvgIpc) is 2.95. The highest BCUT2D eigenvalue weighted by Gasteiger charge is 2.05. The van der Waals surface area contributed by atoms with E-state index in [0.29, 0.717) is 13.2 Å². The standard InChI is InChI=1S/C16H22N2O2S/c1-3-17-11-13-12-21-16(18-13)9-10-20-15-8-6-5-7-14(15)19-4-2/h5-8,12,17H,3-4,9-11H2,1-2H3. The van der Waals surface area contributed by atoms with E-state index in [1.54, 1.807) is 11.3 Å². The second kappa shape index (κ2) is 8.64. The molecule has 1 aromatic carbocycles. The van der Waals surface area contributed by atoms with Crippen LogP contribution >= 0.6 is 11.3 Å². The van der Waals surface area contributed by atoms with E-state index in [-0.39, 0.29) is 0 Å². The van der Waals surface area contributed by atoms with E-state index >= 15 is 0 Å². The zero-order valence-electron chi connectivity index (χ0n) is 12.6. The molecule has 0 amide bonds. The predicted molar refractivity (Wildman–Crippen MR) is 86.3 cm³/mol. The fraction of sp³-hybridized carbons (Fsp3) is 0.438. The van der Waals surface area contributed by atoms with Crippen LogP contribution in [-0.2, 0) is 13.0 Å². The molecule has 0 aliphatic carbocycles. The zero-order valence-corrected chi connectivity index (χ0v) is 13.4. The van der Waals surface area contributed by atoms with Crippen LogP contribution in [0.25, 0.3) is 0 Å². The topological polar surface area (TPSA) is 43.4 Å². The molecule has 5 heteroatoms. The first-order valence-electron chi connectivity index (χ1n) is 7.32. The lowest BCUT2D eigenvalue weighted by molar-refractivity contribution is 0.279. The Balaban J connectivity index is 1.82. The lowest BCUT2D eigenvalue weighted by Crippen LogP contribution is -2.12. The number of thiazole rings is 1. The van der Waals surface area contributed by atoms with Crippen molar-refractivity contribution in [2.45, 2.75) is 26.8 Å². The molecule has 114 valence electrons.